The largest absolute Gasteiger partial charge is 0.462 e. The van der Waals surface area contributed by atoms with E-state index < -0.39 is 0 Å². The molecule has 20 heavy (non-hydrogen) atoms. The van der Waals surface area contributed by atoms with E-state index in [9.17, 15) is 4.79 Å². The number of quaternary nitrogens is 1. The van der Waals surface area contributed by atoms with Crippen LogP contribution in [0.25, 0.3) is 0 Å². The lowest BCUT2D eigenvalue weighted by Gasteiger charge is -2.44. The Labute approximate surface area is 124 Å². The molecular weight excluding hydrogens is 250 g/mol. The van der Waals surface area contributed by atoms with Crippen LogP contribution in [0.2, 0.25) is 0 Å². The first-order valence-corrected chi connectivity index (χ1v) is 8.52. The number of esters is 1. The zero-order chi connectivity index (χ0) is 14.8. The van der Waals surface area contributed by atoms with Crippen LogP contribution in [0, 0.1) is 5.92 Å². The fourth-order valence-electron chi connectivity index (χ4n) is 4.26. The van der Waals surface area contributed by atoms with Crippen molar-refractivity contribution in [3.05, 3.63) is 0 Å². The van der Waals surface area contributed by atoms with Crippen molar-refractivity contribution in [3.8, 4) is 0 Å². The van der Waals surface area contributed by atoms with Gasteiger partial charge in [-0.2, -0.15) is 0 Å². The third kappa shape index (κ3) is 3.19. The van der Waals surface area contributed by atoms with E-state index >= 15 is 0 Å². The summed E-state index contributed by atoms with van der Waals surface area (Å²) >= 11 is 0. The number of nitrogens with zero attached hydrogens (tertiary/aromatic N) is 1. The molecule has 0 amide bonds. The molecule has 0 spiro atoms. The number of rotatable bonds is 6. The van der Waals surface area contributed by atoms with Crippen LogP contribution in [0.3, 0.4) is 0 Å². The van der Waals surface area contributed by atoms with Gasteiger partial charge in [0.25, 0.3) is 0 Å². The molecule has 0 aliphatic carbocycles. The zero-order valence-electron chi connectivity index (χ0n) is 13.7. The Hall–Kier alpha value is -0.570. The molecular formula is C17H32NO2+. The van der Waals surface area contributed by atoms with Crippen LogP contribution in [0.5, 0.6) is 0 Å². The zero-order valence-corrected chi connectivity index (χ0v) is 13.7. The number of piperidine rings is 1. The number of hydrogen-bond donors (Lipinski definition) is 0. The second-order valence-corrected chi connectivity index (χ2v) is 7.32. The minimum Gasteiger partial charge on any atom is -0.462 e. The Kier molecular flexibility index (Phi) is 5.11. The summed E-state index contributed by atoms with van der Waals surface area (Å²) in [6.07, 6.45) is 9.03. The molecule has 0 aromatic carbocycles. The van der Waals surface area contributed by atoms with Crippen LogP contribution in [0.1, 0.15) is 65.2 Å². The van der Waals surface area contributed by atoms with E-state index in [4.69, 9.17) is 4.74 Å². The Bertz CT molecular complexity index is 318. The van der Waals surface area contributed by atoms with Crippen LogP contribution in [0.4, 0.5) is 0 Å². The third-order valence-corrected chi connectivity index (χ3v) is 5.68. The van der Waals surface area contributed by atoms with Gasteiger partial charge in [0.1, 0.15) is 6.10 Å². The maximum atomic E-state index is 12.4. The number of carbonyl (C=O) groups is 1. The van der Waals surface area contributed by atoms with E-state index in [0.29, 0.717) is 12.1 Å². The second kappa shape index (κ2) is 6.46. The summed E-state index contributed by atoms with van der Waals surface area (Å²) in [6.45, 7) is 4.30. The molecule has 2 fully saturated rings. The van der Waals surface area contributed by atoms with Gasteiger partial charge in [0, 0.05) is 25.7 Å². The van der Waals surface area contributed by atoms with Crippen LogP contribution >= 0.6 is 0 Å². The highest BCUT2D eigenvalue weighted by Crippen LogP contribution is 2.40. The van der Waals surface area contributed by atoms with E-state index in [1.807, 2.05) is 0 Å². The molecule has 1 unspecified atom stereocenters. The van der Waals surface area contributed by atoms with Crippen molar-refractivity contribution in [2.24, 2.45) is 5.92 Å². The maximum absolute atomic E-state index is 12.4. The van der Waals surface area contributed by atoms with E-state index in [1.165, 1.54) is 12.8 Å². The number of carbonyl (C=O) groups excluding carboxylic acids is 1. The quantitative estimate of drug-likeness (QED) is 0.550. The van der Waals surface area contributed by atoms with Crippen LogP contribution in [-0.2, 0) is 9.53 Å². The molecule has 3 heteroatoms. The average Bonchev–Trinajstić information content (AvgIpc) is 2.57. The first kappa shape index (κ1) is 15.8. The molecule has 3 atom stereocenters. The fraction of sp³-hybridized carbons (Fsp3) is 0.941. The molecule has 0 aromatic heterocycles. The number of fused-ring (bicyclic) bond motifs is 2. The summed E-state index contributed by atoms with van der Waals surface area (Å²) in [5.74, 6) is 0.206. The Morgan fingerprint density at radius 3 is 2.05 bits per heavy atom. The standard InChI is InChI=1S/C17H32NO2/c1-5-7-13(8-6-2)17(19)20-16-11-14-9-10-15(12-16)18(14,3)4/h13-16H,5-12H2,1-4H3/q+1/t14-,15+,16?. The molecule has 2 bridgehead atoms. The average molecular weight is 282 g/mol. The van der Waals surface area contributed by atoms with Crippen molar-refractivity contribution in [1.29, 1.82) is 0 Å². The summed E-state index contributed by atoms with van der Waals surface area (Å²) in [4.78, 5) is 12.4. The van der Waals surface area contributed by atoms with Gasteiger partial charge in [0.2, 0.25) is 0 Å². The molecule has 3 nitrogen and oxygen atoms in total. The summed E-state index contributed by atoms with van der Waals surface area (Å²) in [5.41, 5.74) is 0. The number of ether oxygens (including phenoxy) is 1. The predicted molar refractivity (Wildman–Crippen MR) is 81.3 cm³/mol. The van der Waals surface area contributed by atoms with Crippen LogP contribution < -0.4 is 0 Å². The predicted octanol–water partition coefficient (Wildman–Crippen LogP) is 3.52. The molecule has 0 saturated carbocycles. The summed E-state index contributed by atoms with van der Waals surface area (Å²) in [5, 5.41) is 0. The first-order valence-electron chi connectivity index (χ1n) is 8.52. The molecule has 2 rings (SSSR count). The van der Waals surface area contributed by atoms with Gasteiger partial charge in [-0.25, -0.2) is 0 Å². The number of hydrogen-bond acceptors (Lipinski definition) is 2. The monoisotopic (exact) mass is 282 g/mol. The summed E-state index contributed by atoms with van der Waals surface area (Å²) in [6, 6.07) is 1.39. The molecule has 2 aliphatic rings. The molecule has 0 aromatic rings. The van der Waals surface area contributed by atoms with Gasteiger partial charge < -0.3 is 9.22 Å². The molecule has 2 heterocycles. The fourth-order valence-corrected chi connectivity index (χ4v) is 4.26. The highest BCUT2D eigenvalue weighted by Gasteiger charge is 2.50. The van der Waals surface area contributed by atoms with Gasteiger partial charge in [-0.1, -0.05) is 26.7 Å². The highest BCUT2D eigenvalue weighted by molar-refractivity contribution is 5.72. The summed E-state index contributed by atoms with van der Waals surface area (Å²) < 4.78 is 7.02. The molecule has 2 saturated heterocycles. The Balaban J connectivity index is 1.89. The SMILES string of the molecule is CCCC(CCC)C(=O)OC1C[C@H]2CC[C@@H](C1)[N+]2(C)C. The van der Waals surface area contributed by atoms with E-state index in [-0.39, 0.29) is 18.0 Å². The van der Waals surface area contributed by atoms with Gasteiger partial charge in [-0.05, 0) is 12.8 Å². The van der Waals surface area contributed by atoms with Crippen molar-refractivity contribution in [2.75, 3.05) is 14.1 Å². The van der Waals surface area contributed by atoms with Crippen molar-refractivity contribution in [1.82, 2.24) is 0 Å². The van der Waals surface area contributed by atoms with E-state index in [0.717, 1.165) is 43.0 Å². The van der Waals surface area contributed by atoms with Gasteiger partial charge in [0.15, 0.2) is 0 Å². The lowest BCUT2D eigenvalue weighted by molar-refractivity contribution is -0.931. The third-order valence-electron chi connectivity index (χ3n) is 5.68. The van der Waals surface area contributed by atoms with Crippen LogP contribution in [0.15, 0.2) is 0 Å². The van der Waals surface area contributed by atoms with Crippen molar-refractivity contribution in [2.45, 2.75) is 83.4 Å². The normalized spacial score (nSPS) is 31.6. The molecule has 0 N–H and O–H groups in total. The first-order chi connectivity index (χ1) is 9.48. The summed E-state index contributed by atoms with van der Waals surface area (Å²) in [7, 11) is 4.69. The Morgan fingerprint density at radius 1 is 1.10 bits per heavy atom. The topological polar surface area (TPSA) is 26.3 Å². The van der Waals surface area contributed by atoms with Crippen LogP contribution in [-0.4, -0.2) is 42.7 Å². The van der Waals surface area contributed by atoms with E-state index in [2.05, 4.69) is 27.9 Å². The van der Waals surface area contributed by atoms with Crippen molar-refractivity contribution < 1.29 is 14.0 Å². The minimum absolute atomic E-state index is 0.0744. The van der Waals surface area contributed by atoms with Gasteiger partial charge >= 0.3 is 5.97 Å². The Morgan fingerprint density at radius 2 is 1.60 bits per heavy atom. The van der Waals surface area contributed by atoms with E-state index in [1.54, 1.807) is 0 Å². The van der Waals surface area contributed by atoms with Crippen molar-refractivity contribution in [3.63, 3.8) is 0 Å². The van der Waals surface area contributed by atoms with Gasteiger partial charge in [0.05, 0.1) is 32.1 Å². The van der Waals surface area contributed by atoms with Crippen molar-refractivity contribution >= 4 is 5.97 Å². The lowest BCUT2D eigenvalue weighted by atomic mass is 9.96. The maximum Gasteiger partial charge on any atom is 0.309 e. The van der Waals surface area contributed by atoms with Gasteiger partial charge in [-0.3, -0.25) is 4.79 Å². The smallest absolute Gasteiger partial charge is 0.309 e. The molecule has 0 radical (unpaired) electrons. The molecule has 2 aliphatic heterocycles. The second-order valence-electron chi connectivity index (χ2n) is 7.32. The minimum atomic E-state index is 0.0744. The van der Waals surface area contributed by atoms with Gasteiger partial charge in [-0.15, -0.1) is 0 Å². The molecule has 116 valence electrons. The lowest BCUT2D eigenvalue weighted by Crippen LogP contribution is -2.56. The highest BCUT2D eigenvalue weighted by atomic mass is 16.5.